The Balaban J connectivity index is 1.60. The molecule has 0 amide bonds. The molecule has 0 bridgehead atoms. The minimum atomic E-state index is 0.843. The topological polar surface area (TPSA) is 38.7 Å². The highest BCUT2D eigenvalue weighted by atomic mass is 14.8. The first-order chi connectivity index (χ1) is 14.4. The van der Waals surface area contributed by atoms with Gasteiger partial charge in [0.15, 0.2) is 0 Å². The Kier molecular flexibility index (Phi) is 4.55. The molecule has 1 aliphatic carbocycles. The van der Waals surface area contributed by atoms with E-state index in [0.29, 0.717) is 0 Å². The van der Waals surface area contributed by atoms with Gasteiger partial charge in [0.05, 0.1) is 22.8 Å². The summed E-state index contributed by atoms with van der Waals surface area (Å²) in [6, 6.07) is 24.7. The second-order valence-electron chi connectivity index (χ2n) is 6.96. The normalized spacial score (nSPS) is 12.8. The van der Waals surface area contributed by atoms with Crippen molar-refractivity contribution in [3.8, 4) is 33.9 Å². The van der Waals surface area contributed by atoms with Gasteiger partial charge in [0.25, 0.3) is 0 Å². The van der Waals surface area contributed by atoms with E-state index in [1.54, 1.807) is 12.4 Å². The maximum atomic E-state index is 4.84. The fraction of sp³-hybridized carbons (Fsp3) is 0.0385. The molecule has 0 saturated heterocycles. The van der Waals surface area contributed by atoms with Crippen molar-refractivity contribution in [3.63, 3.8) is 0 Å². The highest BCUT2D eigenvalue weighted by Gasteiger charge is 2.11. The predicted molar refractivity (Wildman–Crippen MR) is 118 cm³/mol. The Morgan fingerprint density at radius 3 is 1.72 bits per heavy atom. The molecule has 3 nitrogen and oxygen atoms in total. The van der Waals surface area contributed by atoms with Crippen LogP contribution in [0.25, 0.3) is 39.5 Å². The van der Waals surface area contributed by atoms with E-state index in [2.05, 4.69) is 64.6 Å². The van der Waals surface area contributed by atoms with Crippen molar-refractivity contribution in [2.45, 2.75) is 6.42 Å². The van der Waals surface area contributed by atoms with E-state index in [-0.39, 0.29) is 0 Å². The molecule has 29 heavy (non-hydrogen) atoms. The molecule has 0 atom stereocenters. The van der Waals surface area contributed by atoms with Crippen molar-refractivity contribution in [2.24, 2.45) is 0 Å². The van der Waals surface area contributed by atoms with Gasteiger partial charge in [0.1, 0.15) is 0 Å². The first-order valence-electron chi connectivity index (χ1n) is 9.68. The Morgan fingerprint density at radius 1 is 0.586 bits per heavy atom. The summed E-state index contributed by atoms with van der Waals surface area (Å²) < 4.78 is 0. The number of benzene rings is 1. The van der Waals surface area contributed by atoms with Gasteiger partial charge in [-0.25, -0.2) is 4.98 Å². The standard InChI is InChI=1S/C26H19N3/c1-2-8-19(7-1)20-11-13-21(14-12-20)22-17-25(23-9-3-5-15-27-23)29-26(18-22)24-10-4-6-16-28-24/h1-7,9-18H,8H2. The molecule has 138 valence electrons. The monoisotopic (exact) mass is 373 g/mol. The molecule has 0 N–H and O–H groups in total. The first kappa shape index (κ1) is 17.3. The number of aromatic nitrogens is 3. The van der Waals surface area contributed by atoms with Gasteiger partial charge in [-0.05, 0) is 65.1 Å². The first-order valence-corrected chi connectivity index (χ1v) is 9.68. The van der Waals surface area contributed by atoms with Gasteiger partial charge in [-0.15, -0.1) is 0 Å². The Labute approximate surface area is 170 Å². The van der Waals surface area contributed by atoms with E-state index in [4.69, 9.17) is 4.98 Å². The van der Waals surface area contributed by atoms with E-state index in [9.17, 15) is 0 Å². The second-order valence-corrected chi connectivity index (χ2v) is 6.96. The largest absolute Gasteiger partial charge is 0.255 e. The third kappa shape index (κ3) is 3.63. The molecule has 5 rings (SSSR count). The van der Waals surface area contributed by atoms with Crippen LogP contribution in [-0.2, 0) is 0 Å². The average Bonchev–Trinajstić information content (AvgIpc) is 3.35. The molecule has 0 radical (unpaired) electrons. The molecule has 0 spiro atoms. The van der Waals surface area contributed by atoms with Crippen molar-refractivity contribution >= 4 is 5.57 Å². The molecule has 0 aliphatic heterocycles. The Hall–Kier alpha value is -3.85. The van der Waals surface area contributed by atoms with Crippen molar-refractivity contribution in [1.29, 1.82) is 0 Å². The van der Waals surface area contributed by atoms with Crippen LogP contribution in [0.4, 0.5) is 0 Å². The molecule has 0 saturated carbocycles. The number of hydrogen-bond donors (Lipinski definition) is 0. The lowest BCUT2D eigenvalue weighted by Gasteiger charge is -2.10. The molecule has 1 aromatic carbocycles. The van der Waals surface area contributed by atoms with Crippen LogP contribution in [0.5, 0.6) is 0 Å². The fourth-order valence-electron chi connectivity index (χ4n) is 3.53. The smallest absolute Gasteiger partial charge is 0.0900 e. The summed E-state index contributed by atoms with van der Waals surface area (Å²) in [4.78, 5) is 13.8. The fourth-order valence-corrected chi connectivity index (χ4v) is 3.53. The molecule has 0 unspecified atom stereocenters. The van der Waals surface area contributed by atoms with Crippen molar-refractivity contribution in [3.05, 3.63) is 109 Å². The summed E-state index contributed by atoms with van der Waals surface area (Å²) in [5, 5.41) is 0. The number of nitrogens with zero attached hydrogens (tertiary/aromatic N) is 3. The van der Waals surface area contributed by atoms with Crippen molar-refractivity contribution in [1.82, 2.24) is 15.0 Å². The molecule has 3 aromatic heterocycles. The summed E-state index contributed by atoms with van der Waals surface area (Å²) >= 11 is 0. The molecule has 4 aromatic rings. The quantitative estimate of drug-likeness (QED) is 0.426. The lowest BCUT2D eigenvalue weighted by atomic mass is 9.98. The molecular weight excluding hydrogens is 354 g/mol. The molecule has 1 aliphatic rings. The van der Waals surface area contributed by atoms with Gasteiger partial charge in [0, 0.05) is 12.4 Å². The average molecular weight is 373 g/mol. The van der Waals surface area contributed by atoms with E-state index >= 15 is 0 Å². The van der Waals surface area contributed by atoms with Crippen LogP contribution in [-0.4, -0.2) is 15.0 Å². The molecular formula is C26H19N3. The number of rotatable bonds is 4. The summed E-state index contributed by atoms with van der Waals surface area (Å²) in [6.07, 6.45) is 11.1. The van der Waals surface area contributed by atoms with Crippen LogP contribution in [0.2, 0.25) is 0 Å². The summed E-state index contributed by atoms with van der Waals surface area (Å²) in [5.74, 6) is 0. The minimum Gasteiger partial charge on any atom is -0.255 e. The number of allylic oxidation sites excluding steroid dienone is 4. The SMILES string of the molecule is C1=CCC(c2ccc(-c3cc(-c4ccccn4)nc(-c4ccccn4)c3)cc2)=C1. The minimum absolute atomic E-state index is 0.843. The molecule has 0 fully saturated rings. The van der Waals surface area contributed by atoms with Gasteiger partial charge >= 0.3 is 0 Å². The van der Waals surface area contributed by atoms with Crippen molar-refractivity contribution in [2.75, 3.05) is 0 Å². The van der Waals surface area contributed by atoms with Crippen LogP contribution in [0.15, 0.2) is 103 Å². The van der Waals surface area contributed by atoms with Gasteiger partial charge in [-0.3, -0.25) is 9.97 Å². The predicted octanol–water partition coefficient (Wildman–Crippen LogP) is 6.22. The molecule has 3 heteroatoms. The second kappa shape index (κ2) is 7.64. The summed E-state index contributed by atoms with van der Waals surface area (Å²) in [6.45, 7) is 0. The van der Waals surface area contributed by atoms with Crippen LogP contribution in [0.3, 0.4) is 0 Å². The number of pyridine rings is 3. The third-order valence-corrected chi connectivity index (χ3v) is 5.04. The maximum Gasteiger partial charge on any atom is 0.0900 e. The van der Waals surface area contributed by atoms with Gasteiger partial charge < -0.3 is 0 Å². The maximum absolute atomic E-state index is 4.84. The number of hydrogen-bond acceptors (Lipinski definition) is 3. The Bertz CT molecular complexity index is 1130. The summed E-state index contributed by atoms with van der Waals surface area (Å²) in [7, 11) is 0. The van der Waals surface area contributed by atoms with E-state index in [1.165, 1.54) is 11.1 Å². The van der Waals surface area contributed by atoms with Crippen molar-refractivity contribution < 1.29 is 0 Å². The highest BCUT2D eigenvalue weighted by Crippen LogP contribution is 2.30. The van der Waals surface area contributed by atoms with Gasteiger partial charge in [-0.2, -0.15) is 0 Å². The Morgan fingerprint density at radius 2 is 1.21 bits per heavy atom. The zero-order chi connectivity index (χ0) is 19.5. The highest BCUT2D eigenvalue weighted by molar-refractivity contribution is 5.77. The summed E-state index contributed by atoms with van der Waals surface area (Å²) in [5.41, 5.74) is 8.27. The van der Waals surface area contributed by atoms with Gasteiger partial charge in [0.2, 0.25) is 0 Å². The van der Waals surface area contributed by atoms with E-state index in [0.717, 1.165) is 40.3 Å². The van der Waals surface area contributed by atoms with Crippen LogP contribution < -0.4 is 0 Å². The zero-order valence-corrected chi connectivity index (χ0v) is 15.9. The third-order valence-electron chi connectivity index (χ3n) is 5.04. The zero-order valence-electron chi connectivity index (χ0n) is 15.9. The van der Waals surface area contributed by atoms with E-state index in [1.807, 2.05) is 36.4 Å². The molecule has 3 heterocycles. The van der Waals surface area contributed by atoms with Crippen LogP contribution in [0.1, 0.15) is 12.0 Å². The van der Waals surface area contributed by atoms with Crippen LogP contribution >= 0.6 is 0 Å². The lowest BCUT2D eigenvalue weighted by molar-refractivity contribution is 1.22. The lowest BCUT2D eigenvalue weighted by Crippen LogP contribution is -1.94. The van der Waals surface area contributed by atoms with Gasteiger partial charge in [-0.1, -0.05) is 54.6 Å². The van der Waals surface area contributed by atoms with E-state index < -0.39 is 0 Å². The van der Waals surface area contributed by atoms with Crippen LogP contribution in [0, 0.1) is 0 Å².